The van der Waals surface area contributed by atoms with Gasteiger partial charge in [0.25, 0.3) is 0 Å². The largest absolute Gasteiger partial charge is 0.495 e. The summed E-state index contributed by atoms with van der Waals surface area (Å²) in [5.41, 5.74) is 8.77. The summed E-state index contributed by atoms with van der Waals surface area (Å²) in [5, 5.41) is 16.3. The Hall–Kier alpha value is -2.28. The number of halogens is 1. The van der Waals surface area contributed by atoms with Gasteiger partial charge in [0, 0.05) is 22.2 Å². The fraction of sp³-hybridized carbons (Fsp3) is 0.118. The van der Waals surface area contributed by atoms with Crippen LogP contribution in [-0.2, 0) is 0 Å². The molecule has 0 amide bonds. The van der Waals surface area contributed by atoms with Crippen molar-refractivity contribution in [2.75, 3.05) is 18.2 Å². The molecule has 1 unspecified atom stereocenters. The Kier molecular flexibility index (Phi) is 4.89. The van der Waals surface area contributed by atoms with E-state index in [0.717, 1.165) is 11.3 Å². The van der Waals surface area contributed by atoms with Crippen LogP contribution < -0.4 is 15.8 Å². The van der Waals surface area contributed by atoms with Gasteiger partial charge in [0.1, 0.15) is 5.75 Å². The van der Waals surface area contributed by atoms with Crippen molar-refractivity contribution >= 4 is 33.8 Å². The van der Waals surface area contributed by atoms with Crippen LogP contribution in [0.2, 0.25) is 5.02 Å². The summed E-state index contributed by atoms with van der Waals surface area (Å²) in [5.74, 6) is 0.583. The van der Waals surface area contributed by atoms with Crippen molar-refractivity contribution < 1.29 is 9.84 Å². The fourth-order valence-electron chi connectivity index (χ4n) is 2.29. The number of hydrogen-bond acceptors (Lipinski definition) is 6. The molecule has 3 aromatic rings. The number of thiazole rings is 1. The molecule has 0 aliphatic rings. The number of aromatic nitrogens is 1. The van der Waals surface area contributed by atoms with E-state index in [1.165, 1.54) is 11.3 Å². The van der Waals surface area contributed by atoms with Gasteiger partial charge in [-0.05, 0) is 24.3 Å². The number of aliphatic hydroxyl groups is 1. The average Bonchev–Trinajstić information content (AvgIpc) is 3.02. The highest BCUT2D eigenvalue weighted by atomic mass is 35.5. The highest BCUT2D eigenvalue weighted by Gasteiger charge is 2.11. The van der Waals surface area contributed by atoms with Crippen LogP contribution in [0.5, 0.6) is 5.75 Å². The lowest BCUT2D eigenvalue weighted by molar-refractivity contribution is 0.208. The zero-order valence-corrected chi connectivity index (χ0v) is 14.4. The van der Waals surface area contributed by atoms with Crippen molar-refractivity contribution in [3.05, 3.63) is 58.4 Å². The Morgan fingerprint density at radius 2 is 2.12 bits per heavy atom. The molecule has 1 aromatic heterocycles. The lowest BCUT2D eigenvalue weighted by Gasteiger charge is -2.16. The normalized spacial score (nSPS) is 12.0. The lowest BCUT2D eigenvalue weighted by Crippen LogP contribution is -2.09. The number of hydrogen-bond donors (Lipinski definition) is 3. The van der Waals surface area contributed by atoms with E-state index >= 15 is 0 Å². The molecule has 24 heavy (non-hydrogen) atoms. The van der Waals surface area contributed by atoms with E-state index < -0.39 is 6.23 Å². The van der Waals surface area contributed by atoms with Crippen molar-refractivity contribution in [3.8, 4) is 17.0 Å². The molecule has 3 rings (SSSR count). The summed E-state index contributed by atoms with van der Waals surface area (Å²) in [7, 11) is 1.56. The second-order valence-corrected chi connectivity index (χ2v) is 6.39. The molecule has 0 aliphatic carbocycles. The number of benzene rings is 2. The number of anilines is 2. The number of nitrogen functional groups attached to an aromatic ring is 1. The SMILES string of the molecule is COc1ccc(NC(O)c2cccc(-c3csc(N)n3)c2)cc1Cl. The Balaban J connectivity index is 1.80. The van der Waals surface area contributed by atoms with E-state index in [1.54, 1.807) is 25.3 Å². The van der Waals surface area contributed by atoms with Crippen molar-refractivity contribution in [2.45, 2.75) is 6.23 Å². The molecule has 0 saturated carbocycles. The molecule has 0 bridgehead atoms. The minimum atomic E-state index is -0.884. The van der Waals surface area contributed by atoms with Crippen LogP contribution in [0.15, 0.2) is 47.8 Å². The molecule has 0 aliphatic heterocycles. The summed E-state index contributed by atoms with van der Waals surface area (Å²) in [6, 6.07) is 12.7. The van der Waals surface area contributed by atoms with Crippen LogP contribution in [0, 0.1) is 0 Å². The molecule has 2 aromatic carbocycles. The van der Waals surface area contributed by atoms with Gasteiger partial charge in [-0.25, -0.2) is 4.98 Å². The van der Waals surface area contributed by atoms with Gasteiger partial charge in [-0.1, -0.05) is 29.8 Å². The van der Waals surface area contributed by atoms with Crippen LogP contribution in [0.25, 0.3) is 11.3 Å². The van der Waals surface area contributed by atoms with Gasteiger partial charge in [-0.2, -0.15) is 0 Å². The number of nitrogens with zero attached hydrogens (tertiary/aromatic N) is 1. The minimum Gasteiger partial charge on any atom is -0.495 e. The van der Waals surface area contributed by atoms with Crippen LogP contribution in [-0.4, -0.2) is 17.2 Å². The van der Waals surface area contributed by atoms with Gasteiger partial charge in [0.05, 0.1) is 17.8 Å². The summed E-state index contributed by atoms with van der Waals surface area (Å²) < 4.78 is 5.12. The highest BCUT2D eigenvalue weighted by Crippen LogP contribution is 2.30. The van der Waals surface area contributed by atoms with Crippen LogP contribution in [0.1, 0.15) is 11.8 Å². The molecule has 1 atom stereocenters. The topological polar surface area (TPSA) is 80.4 Å². The second kappa shape index (κ2) is 7.09. The molecular weight excluding hydrogens is 346 g/mol. The molecule has 0 spiro atoms. The highest BCUT2D eigenvalue weighted by molar-refractivity contribution is 7.13. The fourth-order valence-corrected chi connectivity index (χ4v) is 3.12. The third-order valence-corrected chi connectivity index (χ3v) is 4.44. The Bertz CT molecular complexity index is 853. The van der Waals surface area contributed by atoms with E-state index in [0.29, 0.717) is 27.2 Å². The molecule has 5 nitrogen and oxygen atoms in total. The van der Waals surface area contributed by atoms with Crippen molar-refractivity contribution in [2.24, 2.45) is 0 Å². The Morgan fingerprint density at radius 1 is 1.29 bits per heavy atom. The first-order valence-electron chi connectivity index (χ1n) is 7.16. The summed E-state index contributed by atoms with van der Waals surface area (Å²) in [4.78, 5) is 4.26. The van der Waals surface area contributed by atoms with Crippen LogP contribution >= 0.6 is 22.9 Å². The maximum Gasteiger partial charge on any atom is 0.180 e. The molecule has 0 saturated heterocycles. The summed E-state index contributed by atoms with van der Waals surface area (Å²) >= 11 is 7.48. The molecule has 1 heterocycles. The third kappa shape index (κ3) is 3.62. The number of ether oxygens (including phenoxy) is 1. The first-order chi connectivity index (χ1) is 11.6. The molecule has 7 heteroatoms. The van der Waals surface area contributed by atoms with Crippen molar-refractivity contribution in [1.82, 2.24) is 4.98 Å². The van der Waals surface area contributed by atoms with Gasteiger partial charge in [-0.15, -0.1) is 11.3 Å². The van der Waals surface area contributed by atoms with Crippen molar-refractivity contribution in [1.29, 1.82) is 0 Å². The standard InChI is InChI=1S/C17H16ClN3O2S/c1-23-15-6-5-12(8-13(15)18)20-16(22)11-4-2-3-10(7-11)14-9-24-17(19)21-14/h2-9,16,20,22H,1H3,(H2,19,21). The van der Waals surface area contributed by atoms with E-state index in [2.05, 4.69) is 10.3 Å². The Morgan fingerprint density at radius 3 is 2.79 bits per heavy atom. The number of aliphatic hydroxyl groups excluding tert-OH is 1. The zero-order valence-electron chi connectivity index (χ0n) is 12.9. The first-order valence-corrected chi connectivity index (χ1v) is 8.42. The van der Waals surface area contributed by atoms with E-state index in [9.17, 15) is 5.11 Å². The molecule has 4 N–H and O–H groups in total. The van der Waals surface area contributed by atoms with Gasteiger partial charge in [-0.3, -0.25) is 0 Å². The number of methoxy groups -OCH3 is 1. The summed E-state index contributed by atoms with van der Waals surface area (Å²) in [6.07, 6.45) is -0.884. The first kappa shape index (κ1) is 16.6. The average molecular weight is 362 g/mol. The predicted molar refractivity (Wildman–Crippen MR) is 98.5 cm³/mol. The summed E-state index contributed by atoms with van der Waals surface area (Å²) in [6.45, 7) is 0. The molecule has 124 valence electrons. The van der Waals surface area contributed by atoms with Crippen molar-refractivity contribution in [3.63, 3.8) is 0 Å². The minimum absolute atomic E-state index is 0.474. The molecule has 0 fully saturated rings. The maximum absolute atomic E-state index is 10.4. The second-order valence-electron chi connectivity index (χ2n) is 5.09. The maximum atomic E-state index is 10.4. The quantitative estimate of drug-likeness (QED) is 0.594. The monoisotopic (exact) mass is 361 g/mol. The van der Waals surface area contributed by atoms with Gasteiger partial charge < -0.3 is 20.9 Å². The van der Waals surface area contributed by atoms with E-state index in [4.69, 9.17) is 22.1 Å². The number of nitrogens with two attached hydrogens (primary N) is 1. The molecule has 0 radical (unpaired) electrons. The lowest BCUT2D eigenvalue weighted by atomic mass is 10.1. The Labute approximate surface area is 148 Å². The smallest absolute Gasteiger partial charge is 0.180 e. The zero-order chi connectivity index (χ0) is 17.1. The molecular formula is C17H16ClN3O2S. The van der Waals surface area contributed by atoms with E-state index in [-0.39, 0.29) is 0 Å². The third-order valence-electron chi connectivity index (χ3n) is 3.48. The predicted octanol–water partition coefficient (Wildman–Crippen LogP) is 4.16. The van der Waals surface area contributed by atoms with Gasteiger partial charge >= 0.3 is 0 Å². The van der Waals surface area contributed by atoms with Crippen LogP contribution in [0.4, 0.5) is 10.8 Å². The number of rotatable bonds is 5. The van der Waals surface area contributed by atoms with Crippen LogP contribution in [0.3, 0.4) is 0 Å². The number of nitrogens with one attached hydrogen (secondary N) is 1. The van der Waals surface area contributed by atoms with Gasteiger partial charge in [0.15, 0.2) is 11.4 Å². The van der Waals surface area contributed by atoms with Gasteiger partial charge in [0.2, 0.25) is 0 Å². The van der Waals surface area contributed by atoms with E-state index in [1.807, 2.05) is 29.6 Å².